The van der Waals surface area contributed by atoms with Gasteiger partial charge in [-0.2, -0.15) is 0 Å². The van der Waals surface area contributed by atoms with E-state index in [-0.39, 0.29) is 34.7 Å². The summed E-state index contributed by atoms with van der Waals surface area (Å²) >= 11 is 6.07. The van der Waals surface area contributed by atoms with Crippen molar-refractivity contribution in [2.75, 3.05) is 9.80 Å². The lowest BCUT2D eigenvalue weighted by Gasteiger charge is -2.49. The third-order valence-corrected chi connectivity index (χ3v) is 10.7. The number of aryl methyl sites for hydroxylation is 1. The molecular weight excluding hydrogens is 595 g/mol. The number of anilines is 2. The van der Waals surface area contributed by atoms with Gasteiger partial charge in [-0.25, -0.2) is 9.29 Å². The fraction of sp³-hybridized carbons (Fsp3) is 0.278. The van der Waals surface area contributed by atoms with Crippen molar-refractivity contribution < 1.29 is 28.7 Å². The maximum atomic E-state index is 14.5. The van der Waals surface area contributed by atoms with Gasteiger partial charge in [-0.3, -0.25) is 24.1 Å². The van der Waals surface area contributed by atoms with E-state index in [9.17, 15) is 28.7 Å². The molecule has 2 heterocycles. The average Bonchev–Trinajstić information content (AvgIpc) is 3.39. The van der Waals surface area contributed by atoms with E-state index in [1.165, 1.54) is 17.0 Å². The molecule has 1 N–H and O–H groups in total. The normalized spacial score (nSPS) is 29.0. The van der Waals surface area contributed by atoms with E-state index in [0.29, 0.717) is 17.7 Å². The number of halogens is 2. The zero-order valence-corrected chi connectivity index (χ0v) is 25.4. The van der Waals surface area contributed by atoms with Crippen molar-refractivity contribution >= 4 is 52.7 Å². The first-order chi connectivity index (χ1) is 21.5. The van der Waals surface area contributed by atoms with Gasteiger partial charge < -0.3 is 5.11 Å². The molecule has 0 aromatic heterocycles. The van der Waals surface area contributed by atoms with Gasteiger partial charge in [-0.05, 0) is 85.7 Å². The summed E-state index contributed by atoms with van der Waals surface area (Å²) in [6.45, 7) is 7.29. The Morgan fingerprint density at radius 3 is 2.31 bits per heavy atom. The van der Waals surface area contributed by atoms with Crippen LogP contribution in [0.3, 0.4) is 0 Å². The van der Waals surface area contributed by atoms with Crippen molar-refractivity contribution in [2.24, 2.45) is 29.1 Å². The van der Waals surface area contributed by atoms with Crippen molar-refractivity contribution in [1.82, 2.24) is 0 Å². The van der Waals surface area contributed by atoms with Crippen LogP contribution < -0.4 is 9.80 Å². The molecule has 0 radical (unpaired) electrons. The molecule has 6 atom stereocenters. The van der Waals surface area contributed by atoms with Crippen molar-refractivity contribution in [3.8, 4) is 5.75 Å². The Morgan fingerprint density at radius 1 is 0.933 bits per heavy atom. The first kappa shape index (κ1) is 29.2. The second-order valence-corrected chi connectivity index (χ2v) is 13.0. The van der Waals surface area contributed by atoms with Crippen LogP contribution in [-0.4, -0.2) is 28.7 Å². The summed E-state index contributed by atoms with van der Waals surface area (Å²) < 4.78 is 14.1. The Labute approximate surface area is 264 Å². The molecule has 0 unspecified atom stereocenters. The van der Waals surface area contributed by atoms with Gasteiger partial charge in [0.05, 0.1) is 39.6 Å². The molecule has 45 heavy (non-hydrogen) atoms. The molecule has 4 aliphatic rings. The number of rotatable bonds is 4. The minimum absolute atomic E-state index is 0.0941. The van der Waals surface area contributed by atoms with Crippen molar-refractivity contribution in [3.05, 3.63) is 106 Å². The van der Waals surface area contributed by atoms with Crippen LogP contribution in [0.2, 0.25) is 5.02 Å². The highest BCUT2D eigenvalue weighted by atomic mass is 35.5. The predicted molar refractivity (Wildman–Crippen MR) is 168 cm³/mol. The number of carbonyl (C=O) groups excluding carboxylic acids is 4. The average molecular weight is 625 g/mol. The molecule has 2 saturated heterocycles. The number of allylic oxidation sites excluding steroid dienone is 2. The van der Waals surface area contributed by atoms with E-state index in [4.69, 9.17) is 11.6 Å². The first-order valence-electron chi connectivity index (χ1n) is 14.9. The predicted octanol–water partition coefficient (Wildman–Crippen LogP) is 6.57. The molecule has 1 saturated carbocycles. The van der Waals surface area contributed by atoms with E-state index >= 15 is 0 Å². The summed E-state index contributed by atoms with van der Waals surface area (Å²) in [5.41, 5.74) is 2.40. The van der Waals surface area contributed by atoms with E-state index in [1.54, 1.807) is 56.3 Å². The number of phenols is 1. The summed E-state index contributed by atoms with van der Waals surface area (Å²) in [6.07, 6.45) is 4.16. The summed E-state index contributed by atoms with van der Waals surface area (Å²) in [7, 11) is 0. The van der Waals surface area contributed by atoms with Gasteiger partial charge in [0.1, 0.15) is 11.6 Å². The summed E-state index contributed by atoms with van der Waals surface area (Å²) in [6, 6.07) is 15.9. The van der Waals surface area contributed by atoms with Gasteiger partial charge in [-0.1, -0.05) is 60.2 Å². The number of carbonyl (C=O) groups is 4. The summed E-state index contributed by atoms with van der Waals surface area (Å²) in [4.78, 5) is 59.0. The third-order valence-electron chi connectivity index (χ3n) is 10.4. The van der Waals surface area contributed by atoms with Gasteiger partial charge >= 0.3 is 0 Å². The number of amides is 4. The number of nitrogens with zero attached hydrogens (tertiary/aromatic N) is 2. The number of phenolic OH excluding ortho intramolecular Hbond substituents is 1. The van der Waals surface area contributed by atoms with Crippen molar-refractivity contribution in [1.29, 1.82) is 0 Å². The minimum atomic E-state index is -1.26. The molecule has 2 aliphatic heterocycles. The number of hydrogen-bond donors (Lipinski definition) is 1. The van der Waals surface area contributed by atoms with Gasteiger partial charge in [0.25, 0.3) is 0 Å². The highest BCUT2D eigenvalue weighted by Crippen LogP contribution is 2.64. The highest BCUT2D eigenvalue weighted by molar-refractivity contribution is 6.32. The largest absolute Gasteiger partial charge is 0.508 e. The van der Waals surface area contributed by atoms with E-state index < -0.39 is 52.6 Å². The van der Waals surface area contributed by atoms with E-state index in [0.717, 1.165) is 27.7 Å². The van der Waals surface area contributed by atoms with Crippen LogP contribution in [0.1, 0.15) is 42.4 Å². The minimum Gasteiger partial charge on any atom is -0.508 e. The lowest BCUT2D eigenvalue weighted by molar-refractivity contribution is -0.131. The number of hydrogen-bond acceptors (Lipinski definition) is 5. The highest BCUT2D eigenvalue weighted by Gasteiger charge is 2.67. The van der Waals surface area contributed by atoms with Gasteiger partial charge in [0, 0.05) is 5.92 Å². The molecule has 3 aromatic rings. The molecule has 3 fully saturated rings. The Balaban J connectivity index is 1.36. The van der Waals surface area contributed by atoms with Crippen LogP contribution in [-0.2, 0) is 19.2 Å². The maximum absolute atomic E-state index is 14.5. The molecule has 0 spiro atoms. The first-order valence-corrected chi connectivity index (χ1v) is 15.3. The summed E-state index contributed by atoms with van der Waals surface area (Å²) in [5, 5.41) is 10.1. The van der Waals surface area contributed by atoms with Crippen molar-refractivity contribution in [3.63, 3.8) is 0 Å². The quantitative estimate of drug-likeness (QED) is 0.262. The monoisotopic (exact) mass is 624 g/mol. The molecule has 7 nitrogen and oxygen atoms in total. The molecular formula is C36H30ClFN2O5. The number of benzene rings is 3. The maximum Gasteiger partial charge on any atom is 0.241 e. The van der Waals surface area contributed by atoms with Crippen LogP contribution in [0.5, 0.6) is 5.75 Å². The Morgan fingerprint density at radius 2 is 1.64 bits per heavy atom. The van der Waals surface area contributed by atoms with Gasteiger partial charge in [0.15, 0.2) is 0 Å². The zero-order valence-electron chi connectivity index (χ0n) is 24.7. The summed E-state index contributed by atoms with van der Waals surface area (Å²) in [5.74, 6) is -5.34. The van der Waals surface area contributed by atoms with Crippen LogP contribution >= 0.6 is 11.6 Å². The van der Waals surface area contributed by atoms with Gasteiger partial charge in [0.2, 0.25) is 23.6 Å². The van der Waals surface area contributed by atoms with Crippen LogP contribution in [0.25, 0.3) is 6.08 Å². The standard InChI is InChI=1S/C36H30ClFN2O5/c1-4-19-5-8-21(9-6-19)39-32(42)24-12-11-23-25(30(24)34(39)44)17-26-33(43)40(22-10-13-28(38)27(37)16-22)35(45)36(26,3)31(23)20-7-14-29(41)18(2)15-20/h4-11,13-16,24-26,30-31,41H,1,12,17H2,2-3H3/t24-,25+,26-,30-,31-,36+/m0/s1. The zero-order chi connectivity index (χ0) is 31.9. The SMILES string of the molecule is C=Cc1ccc(N2C(=O)[C@H]3[C@H](CC=C4[C@H]3C[C@H]3C(=O)N(c5ccc(F)c(Cl)c5)C(=O)[C@@]3(C)[C@H]4c3ccc(O)c(C)c3)C2=O)cc1. The van der Waals surface area contributed by atoms with Gasteiger partial charge in [-0.15, -0.1) is 0 Å². The molecule has 3 aromatic carbocycles. The Kier molecular flexibility index (Phi) is 6.64. The van der Waals surface area contributed by atoms with Crippen LogP contribution in [0.15, 0.2) is 78.9 Å². The number of aromatic hydroxyl groups is 1. The van der Waals surface area contributed by atoms with Crippen LogP contribution in [0, 0.1) is 41.8 Å². The third kappa shape index (κ3) is 4.08. The lowest BCUT2D eigenvalue weighted by atomic mass is 9.51. The van der Waals surface area contributed by atoms with Crippen LogP contribution in [0.4, 0.5) is 15.8 Å². The lowest BCUT2D eigenvalue weighted by Crippen LogP contribution is -2.48. The molecule has 228 valence electrons. The van der Waals surface area contributed by atoms with E-state index in [2.05, 4.69) is 6.58 Å². The fourth-order valence-electron chi connectivity index (χ4n) is 8.14. The molecule has 7 rings (SSSR count). The Hall–Kier alpha value is -4.56. The topological polar surface area (TPSA) is 95.0 Å². The molecule has 0 bridgehead atoms. The Bertz CT molecular complexity index is 1870. The number of fused-ring (bicyclic) bond motifs is 4. The second-order valence-electron chi connectivity index (χ2n) is 12.6. The van der Waals surface area contributed by atoms with Crippen molar-refractivity contribution in [2.45, 2.75) is 32.6 Å². The fourth-order valence-corrected chi connectivity index (χ4v) is 8.31. The smallest absolute Gasteiger partial charge is 0.241 e. The molecule has 9 heteroatoms. The second kappa shape index (κ2) is 10.2. The number of imide groups is 2. The molecule has 2 aliphatic carbocycles. The molecule has 4 amide bonds. The van der Waals surface area contributed by atoms with E-state index in [1.807, 2.05) is 12.1 Å².